The molecule has 1 unspecified atom stereocenters. The lowest BCUT2D eigenvalue weighted by molar-refractivity contribution is -0.158. The van der Waals surface area contributed by atoms with E-state index in [0.717, 1.165) is 16.7 Å². The molecule has 6 N–H and O–H groups in total. The number of rotatable bonds is 26. The van der Waals surface area contributed by atoms with E-state index in [9.17, 15) is 48.3 Å². The molecule has 0 spiro atoms. The Labute approximate surface area is 554 Å². The van der Waals surface area contributed by atoms with Gasteiger partial charge in [-0.25, -0.2) is 14.4 Å². The molecule has 11 atom stereocenters. The lowest BCUT2D eigenvalue weighted by atomic mass is 9.83. The molecule has 22 nitrogen and oxygen atoms in total. The number of alkyl halides is 2. The van der Waals surface area contributed by atoms with E-state index in [-0.39, 0.29) is 86.1 Å². The average Bonchev–Trinajstić information content (AvgIpc) is 1.59. The zero-order chi connectivity index (χ0) is 67.2. The molecule has 3 aliphatic heterocycles. The standard InChI is InChI=1S/C66H88Br2ClN7O15/c1-36(2)48(31-47(77)18-13-12-17-39(5)88-62(83)45(34-67)35-68)59(80)73-50(19-15-25-71-63(70)84)52(78)30-46-23-21-43-29-44(22-24-49(43)72-46)60(81)75(9)41(7)61(82)90-55-32-56(79)76(10)51-28-42(27-38(4)57(51)69)26-37(3)16-14-20-54(87-11)66(86)33-53(89-64(85)74-66)40(6)58-65(55,8)91-58/h14,16,20-24,27-29,36,39-41,45,48,50,53-55,58,86H,12-13,15,17-19,25-26,30-35H2,1-11H3,(H,73,80)(H,74,85)(H3,70,71,84)/b20-14+,37-16+/t39?,40-,41+,48+,50+,53+,54-,55+,58+,65+,66+/m1/s1. The van der Waals surface area contributed by atoms with Crippen LogP contribution in [0, 0.1) is 30.6 Å². The summed E-state index contributed by atoms with van der Waals surface area (Å²) >= 11 is 13.5. The minimum Gasteiger partial charge on any atom is -0.462 e. The number of ether oxygens (including phenoxy) is 5. The summed E-state index contributed by atoms with van der Waals surface area (Å²) in [5.74, 6) is -4.97. The number of nitrogens with one attached hydrogen (secondary N) is 3. The quantitative estimate of drug-likeness (QED) is 0.0165. The number of benzene rings is 2. The van der Waals surface area contributed by atoms with E-state index in [1.807, 2.05) is 52.8 Å². The largest absolute Gasteiger partial charge is 0.462 e. The number of nitrogens with zero attached hydrogens (tertiary/aromatic N) is 3. The Morgan fingerprint density at radius 3 is 2.37 bits per heavy atom. The normalized spacial score (nSPS) is 24.1. The van der Waals surface area contributed by atoms with Crippen LogP contribution in [0.25, 0.3) is 10.9 Å². The van der Waals surface area contributed by atoms with E-state index in [1.165, 1.54) is 36.9 Å². The number of urea groups is 1. The molecule has 91 heavy (non-hydrogen) atoms. The van der Waals surface area contributed by atoms with Gasteiger partial charge in [-0.3, -0.25) is 39.1 Å². The maximum absolute atomic E-state index is 14.5. The van der Waals surface area contributed by atoms with Crippen LogP contribution < -0.4 is 26.6 Å². The molecular formula is C66H88Br2ClN7O15. The lowest BCUT2D eigenvalue weighted by Gasteiger charge is -2.42. The Morgan fingerprint density at radius 2 is 1.70 bits per heavy atom. The highest BCUT2D eigenvalue weighted by atomic mass is 79.9. The zero-order valence-corrected chi connectivity index (χ0v) is 57.7. The number of allylic oxidation sites excluding steroid dienone is 3. The Hall–Kier alpha value is -6.31. The van der Waals surface area contributed by atoms with E-state index in [0.29, 0.717) is 70.1 Å². The van der Waals surface area contributed by atoms with Crippen molar-refractivity contribution in [3.05, 3.63) is 93.7 Å². The highest BCUT2D eigenvalue weighted by Crippen LogP contribution is 2.49. The number of likely N-dealkylation sites (N-methyl/N-ethyl adjacent to an activating group) is 1. The molecule has 2 saturated heterocycles. The fourth-order valence-corrected chi connectivity index (χ4v) is 13.3. The van der Waals surface area contributed by atoms with Gasteiger partial charge >= 0.3 is 24.1 Å². The number of amides is 6. The average molecular weight is 1410 g/mol. The van der Waals surface area contributed by atoms with Crippen LogP contribution in [0.15, 0.2) is 66.3 Å². The first-order valence-electron chi connectivity index (χ1n) is 30.8. The van der Waals surface area contributed by atoms with Gasteiger partial charge in [0.05, 0.1) is 53.2 Å². The van der Waals surface area contributed by atoms with Crippen molar-refractivity contribution >= 4 is 113 Å². The first kappa shape index (κ1) is 73.7. The summed E-state index contributed by atoms with van der Waals surface area (Å²) in [4.78, 5) is 129. The molecule has 0 radical (unpaired) electrons. The number of halogens is 3. The molecule has 4 heterocycles. The van der Waals surface area contributed by atoms with Crippen molar-refractivity contribution < 1.29 is 71.9 Å². The van der Waals surface area contributed by atoms with Gasteiger partial charge in [0.2, 0.25) is 11.8 Å². The number of esters is 2. The molecule has 6 amide bonds. The van der Waals surface area contributed by atoms with Crippen molar-refractivity contribution in [3.8, 4) is 0 Å². The van der Waals surface area contributed by atoms with Crippen LogP contribution in [-0.2, 0) is 65.3 Å². The third kappa shape index (κ3) is 19.6. The Balaban J connectivity index is 1.15. The van der Waals surface area contributed by atoms with Gasteiger partial charge < -0.3 is 55.0 Å². The maximum atomic E-state index is 14.5. The van der Waals surface area contributed by atoms with E-state index in [4.69, 9.17) is 46.0 Å². The Kier molecular flexibility index (Phi) is 26.7. The third-order valence-corrected chi connectivity index (χ3v) is 19.5. The second-order valence-electron chi connectivity index (χ2n) is 24.9. The number of fused-ring (bicyclic) bond motifs is 6. The summed E-state index contributed by atoms with van der Waals surface area (Å²) in [5, 5.41) is 21.7. The number of alkyl carbamates (subject to hydrolysis) is 1. The first-order valence-corrected chi connectivity index (χ1v) is 33.4. The van der Waals surface area contributed by atoms with Gasteiger partial charge in [0.25, 0.3) is 5.91 Å². The van der Waals surface area contributed by atoms with Crippen LogP contribution in [-0.4, -0.2) is 161 Å². The summed E-state index contributed by atoms with van der Waals surface area (Å²) in [6.45, 7) is 14.4. The molecule has 2 aromatic carbocycles. The molecule has 25 heteroatoms. The number of aliphatic hydroxyl groups is 1. The van der Waals surface area contributed by atoms with Crippen molar-refractivity contribution in [1.29, 1.82) is 0 Å². The molecule has 3 aliphatic rings. The molecule has 2 fully saturated rings. The van der Waals surface area contributed by atoms with Gasteiger partial charge in [-0.2, -0.15) is 0 Å². The van der Waals surface area contributed by atoms with Gasteiger partial charge in [-0.15, -0.1) is 0 Å². The molecule has 0 saturated carbocycles. The van der Waals surface area contributed by atoms with Gasteiger partial charge in [0.1, 0.15) is 35.7 Å². The number of nitrogens with two attached hydrogens (primary N) is 1. The number of anilines is 1. The molecule has 4 bridgehead atoms. The molecule has 498 valence electrons. The summed E-state index contributed by atoms with van der Waals surface area (Å²) in [6, 6.07) is 8.89. The summed E-state index contributed by atoms with van der Waals surface area (Å²) in [6.07, 6.45) is 2.35. The highest BCUT2D eigenvalue weighted by Gasteiger charge is 2.64. The van der Waals surface area contributed by atoms with Crippen LogP contribution in [0.3, 0.4) is 0 Å². The number of hydrogen-bond donors (Lipinski definition) is 5. The molecule has 0 aliphatic carbocycles. The van der Waals surface area contributed by atoms with Crippen molar-refractivity contribution in [2.24, 2.45) is 29.4 Å². The fraction of sp³-hybridized carbons (Fsp3) is 0.576. The van der Waals surface area contributed by atoms with Gasteiger partial charge in [-0.05, 0) is 121 Å². The van der Waals surface area contributed by atoms with Gasteiger partial charge in [0.15, 0.2) is 11.5 Å². The van der Waals surface area contributed by atoms with Crippen LogP contribution in [0.1, 0.15) is 133 Å². The van der Waals surface area contributed by atoms with Crippen molar-refractivity contribution in [2.45, 2.75) is 180 Å². The number of unbranched alkanes of at least 4 members (excludes halogenated alkanes) is 1. The number of carbonyl (C=O) groups excluding carboxylic acids is 9. The summed E-state index contributed by atoms with van der Waals surface area (Å²) in [5.41, 5.74) is 6.05. The minimum absolute atomic E-state index is 0.0317. The summed E-state index contributed by atoms with van der Waals surface area (Å²) < 4.78 is 29.6. The fourth-order valence-electron chi connectivity index (χ4n) is 11.5. The molecule has 6 rings (SSSR count). The predicted molar refractivity (Wildman–Crippen MR) is 351 cm³/mol. The van der Waals surface area contributed by atoms with Crippen molar-refractivity contribution in [2.75, 3.05) is 43.3 Å². The number of ketones is 2. The second kappa shape index (κ2) is 33.0. The number of primary amides is 1. The number of aromatic nitrogens is 1. The van der Waals surface area contributed by atoms with E-state index in [2.05, 4.69) is 47.8 Å². The molecule has 3 aromatic rings. The number of Topliss-reactive ketones (excluding diaryl/α,β-unsaturated/α-hetero) is 2. The highest BCUT2D eigenvalue weighted by molar-refractivity contribution is 9.09. The van der Waals surface area contributed by atoms with E-state index in [1.54, 1.807) is 57.3 Å². The van der Waals surface area contributed by atoms with Crippen LogP contribution in [0.2, 0.25) is 5.02 Å². The topological polar surface area (TPSA) is 305 Å². The number of aryl methyl sites for hydroxylation is 1. The number of methoxy groups -OCH3 is 1. The molecule has 1 aromatic heterocycles. The van der Waals surface area contributed by atoms with Crippen molar-refractivity contribution in [3.63, 3.8) is 0 Å². The Morgan fingerprint density at radius 1 is 0.989 bits per heavy atom. The van der Waals surface area contributed by atoms with E-state index >= 15 is 0 Å². The smallest absolute Gasteiger partial charge is 0.409 e. The van der Waals surface area contributed by atoms with Crippen LogP contribution in [0.4, 0.5) is 15.3 Å². The van der Waals surface area contributed by atoms with Crippen LogP contribution in [0.5, 0.6) is 0 Å². The van der Waals surface area contributed by atoms with Gasteiger partial charge in [-0.1, -0.05) is 100 Å². The van der Waals surface area contributed by atoms with Crippen molar-refractivity contribution in [1.82, 2.24) is 25.8 Å². The SMILES string of the molecule is CO[C@@H]1/C=C/C=C(\C)Cc2cc(C)c(Cl)c(c2)N(C)C(=O)C[C@H](OC(=O)[C@H](C)N(C)C(=O)c2ccc3nc(CC(=O)[C@H](CCCNC(N)=O)NC(=O)[C@@H](CC(=O)CCCCC(C)OC(=O)C(CBr)CBr)C(C)C)ccc3c2)[C@]2(C)O[C@H]2[C@H](C)[C@@H]2C[C@@]1(O)NC(=O)O2. The number of carbonyl (C=O) groups is 9. The third-order valence-electron chi connectivity index (χ3n) is 17.4. The number of hydrogen-bond acceptors (Lipinski definition) is 16. The zero-order valence-electron chi connectivity index (χ0n) is 53.7. The number of epoxide rings is 1. The van der Waals surface area contributed by atoms with E-state index < -0.39 is 95.5 Å². The summed E-state index contributed by atoms with van der Waals surface area (Å²) in [7, 11) is 4.44. The van der Waals surface area contributed by atoms with Crippen LogP contribution >= 0.6 is 43.5 Å². The minimum atomic E-state index is -1.89. The first-order chi connectivity index (χ1) is 42.9. The molecular weight excluding hydrogens is 1330 g/mol. The van der Waals surface area contributed by atoms with Gasteiger partial charge in [0, 0.05) is 86.2 Å². The number of pyridine rings is 1. The maximum Gasteiger partial charge on any atom is 0.409 e. The lowest BCUT2D eigenvalue weighted by Crippen LogP contribution is -2.63. The second-order valence-corrected chi connectivity index (χ2v) is 26.5. The monoisotopic (exact) mass is 1410 g/mol. The predicted octanol–water partition coefficient (Wildman–Crippen LogP) is 8.85. The Bertz CT molecular complexity index is 3240.